The number of fused-ring (bicyclic) bond motifs is 1. The molecule has 0 aliphatic carbocycles. The van der Waals surface area contributed by atoms with Crippen LogP contribution in [0.1, 0.15) is 22.7 Å². The van der Waals surface area contributed by atoms with E-state index >= 15 is 0 Å². The number of rotatable bonds is 4. The lowest BCUT2D eigenvalue weighted by atomic mass is 9.96. The van der Waals surface area contributed by atoms with Crippen molar-refractivity contribution >= 4 is 0 Å². The Bertz CT molecular complexity index is 657. The van der Waals surface area contributed by atoms with Gasteiger partial charge in [0.1, 0.15) is 17.4 Å². The number of likely N-dealkylation sites (N-methyl/N-ethyl adjacent to an activating group) is 1. The van der Waals surface area contributed by atoms with Crippen LogP contribution in [0.15, 0.2) is 36.4 Å². The van der Waals surface area contributed by atoms with Crippen LogP contribution in [0.4, 0.5) is 8.78 Å². The second-order valence-corrected chi connectivity index (χ2v) is 5.22. The number of nitrogens with one attached hydrogen (secondary N) is 1. The average Bonchev–Trinajstić information content (AvgIpc) is 2.95. The molecule has 0 spiro atoms. The Hall–Kier alpha value is -1.94. The molecular formula is C17H17F2NO. The molecule has 1 heterocycles. The maximum atomic E-state index is 13.8. The zero-order valence-corrected chi connectivity index (χ0v) is 11.8. The predicted octanol–water partition coefficient (Wildman–Crippen LogP) is 3.40. The molecule has 110 valence electrons. The highest BCUT2D eigenvalue weighted by molar-refractivity contribution is 5.46. The van der Waals surface area contributed by atoms with E-state index in [0.29, 0.717) is 18.6 Å². The maximum Gasteiger partial charge on any atom is 0.129 e. The number of hydrogen-bond donors (Lipinski definition) is 1. The van der Waals surface area contributed by atoms with E-state index in [0.717, 1.165) is 23.8 Å². The van der Waals surface area contributed by atoms with Gasteiger partial charge in [-0.15, -0.1) is 0 Å². The Morgan fingerprint density at radius 2 is 2.10 bits per heavy atom. The average molecular weight is 289 g/mol. The summed E-state index contributed by atoms with van der Waals surface area (Å²) in [5.41, 5.74) is 2.70. The van der Waals surface area contributed by atoms with Crippen LogP contribution in [0.25, 0.3) is 0 Å². The lowest BCUT2D eigenvalue weighted by Crippen LogP contribution is -2.20. The molecule has 2 aromatic rings. The van der Waals surface area contributed by atoms with Crippen LogP contribution >= 0.6 is 0 Å². The fourth-order valence-electron chi connectivity index (χ4n) is 2.79. The Labute approximate surface area is 122 Å². The van der Waals surface area contributed by atoms with Gasteiger partial charge in [-0.3, -0.25) is 0 Å². The molecule has 1 N–H and O–H groups in total. The minimum absolute atomic E-state index is 0.0713. The summed E-state index contributed by atoms with van der Waals surface area (Å²) in [5.74, 6) is -0.163. The Balaban J connectivity index is 1.91. The quantitative estimate of drug-likeness (QED) is 0.931. The lowest BCUT2D eigenvalue weighted by Gasteiger charge is -2.19. The summed E-state index contributed by atoms with van der Waals surface area (Å²) in [4.78, 5) is 0. The predicted molar refractivity (Wildman–Crippen MR) is 77.5 cm³/mol. The first-order chi connectivity index (χ1) is 10.2. The maximum absolute atomic E-state index is 13.8. The summed E-state index contributed by atoms with van der Waals surface area (Å²) in [6.45, 7) is 0.688. The first-order valence-electron chi connectivity index (χ1n) is 7.05. The summed E-state index contributed by atoms with van der Waals surface area (Å²) in [7, 11) is 1.83. The smallest absolute Gasteiger partial charge is 0.129 e. The third-order valence-corrected chi connectivity index (χ3v) is 3.91. The van der Waals surface area contributed by atoms with Crippen LogP contribution in [-0.2, 0) is 12.8 Å². The highest BCUT2D eigenvalue weighted by Crippen LogP contribution is 2.34. The molecule has 0 saturated carbocycles. The summed E-state index contributed by atoms with van der Waals surface area (Å²) < 4.78 is 32.5. The Morgan fingerprint density at radius 3 is 2.86 bits per heavy atom. The van der Waals surface area contributed by atoms with Crippen LogP contribution in [-0.4, -0.2) is 13.7 Å². The molecular weight excluding hydrogens is 272 g/mol. The van der Waals surface area contributed by atoms with Crippen LogP contribution in [0, 0.1) is 11.6 Å². The summed E-state index contributed by atoms with van der Waals surface area (Å²) in [5, 5.41) is 3.20. The van der Waals surface area contributed by atoms with Crippen molar-refractivity contribution in [1.82, 2.24) is 5.32 Å². The van der Waals surface area contributed by atoms with E-state index in [1.807, 2.05) is 19.2 Å². The zero-order chi connectivity index (χ0) is 14.8. The van der Waals surface area contributed by atoms with Gasteiger partial charge in [0.2, 0.25) is 0 Å². The highest BCUT2D eigenvalue weighted by Gasteiger charge is 2.22. The molecule has 2 nitrogen and oxygen atoms in total. The van der Waals surface area contributed by atoms with Crippen molar-refractivity contribution in [2.45, 2.75) is 18.9 Å². The first kappa shape index (κ1) is 14.0. The van der Waals surface area contributed by atoms with Gasteiger partial charge in [-0.05, 0) is 30.7 Å². The summed E-state index contributed by atoms with van der Waals surface area (Å²) in [6.07, 6.45) is 1.35. The Kier molecular flexibility index (Phi) is 3.88. The fraction of sp³-hybridized carbons (Fsp3) is 0.294. The SMILES string of the molecule is CNC(Cc1ccc(F)cc1F)c1cccc2c1OCC2. The summed E-state index contributed by atoms with van der Waals surface area (Å²) >= 11 is 0. The van der Waals surface area contributed by atoms with Gasteiger partial charge >= 0.3 is 0 Å². The number of hydrogen-bond acceptors (Lipinski definition) is 2. The molecule has 0 saturated heterocycles. The fourth-order valence-corrected chi connectivity index (χ4v) is 2.79. The van der Waals surface area contributed by atoms with Crippen molar-refractivity contribution in [3.63, 3.8) is 0 Å². The topological polar surface area (TPSA) is 21.3 Å². The van der Waals surface area contributed by atoms with E-state index < -0.39 is 11.6 Å². The number of para-hydroxylation sites is 1. The lowest BCUT2D eigenvalue weighted by molar-refractivity contribution is 0.349. The van der Waals surface area contributed by atoms with Gasteiger partial charge in [0, 0.05) is 24.1 Å². The van der Waals surface area contributed by atoms with Crippen molar-refractivity contribution in [1.29, 1.82) is 0 Å². The molecule has 1 aliphatic heterocycles. The number of ether oxygens (including phenoxy) is 1. The van der Waals surface area contributed by atoms with Crippen LogP contribution < -0.4 is 10.1 Å². The molecule has 1 atom stereocenters. The molecule has 0 bridgehead atoms. The van der Waals surface area contributed by atoms with Gasteiger partial charge in [-0.2, -0.15) is 0 Å². The van der Waals surface area contributed by atoms with Crippen molar-refractivity contribution in [3.05, 3.63) is 64.7 Å². The van der Waals surface area contributed by atoms with Gasteiger partial charge in [0.05, 0.1) is 6.61 Å². The van der Waals surface area contributed by atoms with Crippen molar-refractivity contribution in [3.8, 4) is 5.75 Å². The third kappa shape index (κ3) is 2.76. The van der Waals surface area contributed by atoms with Crippen LogP contribution in [0.5, 0.6) is 5.75 Å². The van der Waals surface area contributed by atoms with Gasteiger partial charge < -0.3 is 10.1 Å². The van der Waals surface area contributed by atoms with E-state index in [9.17, 15) is 8.78 Å². The highest BCUT2D eigenvalue weighted by atomic mass is 19.1. The van der Waals surface area contributed by atoms with Crippen LogP contribution in [0.3, 0.4) is 0 Å². The molecule has 4 heteroatoms. The molecule has 21 heavy (non-hydrogen) atoms. The molecule has 0 radical (unpaired) electrons. The van der Waals surface area contributed by atoms with Gasteiger partial charge in [0.25, 0.3) is 0 Å². The molecule has 0 amide bonds. The summed E-state index contributed by atoms with van der Waals surface area (Å²) in [6, 6.07) is 9.68. The van der Waals surface area contributed by atoms with Crippen molar-refractivity contribution < 1.29 is 13.5 Å². The van der Waals surface area contributed by atoms with E-state index in [2.05, 4.69) is 11.4 Å². The molecule has 0 fully saturated rings. The van der Waals surface area contributed by atoms with E-state index in [4.69, 9.17) is 4.74 Å². The number of halogens is 2. The standard InChI is InChI=1S/C17H17F2NO/c1-20-16(9-12-5-6-13(18)10-15(12)19)14-4-2-3-11-7-8-21-17(11)14/h2-6,10,16,20H,7-9H2,1H3. The Morgan fingerprint density at radius 1 is 1.24 bits per heavy atom. The molecule has 3 rings (SSSR count). The van der Waals surface area contributed by atoms with Gasteiger partial charge in [-0.25, -0.2) is 8.78 Å². The largest absolute Gasteiger partial charge is 0.493 e. The molecule has 0 aromatic heterocycles. The minimum Gasteiger partial charge on any atom is -0.493 e. The van der Waals surface area contributed by atoms with Crippen molar-refractivity contribution in [2.75, 3.05) is 13.7 Å². The van der Waals surface area contributed by atoms with E-state index in [-0.39, 0.29) is 6.04 Å². The first-order valence-corrected chi connectivity index (χ1v) is 7.05. The van der Waals surface area contributed by atoms with E-state index in [1.54, 1.807) is 0 Å². The molecule has 1 unspecified atom stereocenters. The van der Waals surface area contributed by atoms with Gasteiger partial charge in [0.15, 0.2) is 0 Å². The van der Waals surface area contributed by atoms with Gasteiger partial charge in [-0.1, -0.05) is 24.3 Å². The minimum atomic E-state index is -0.554. The molecule has 2 aromatic carbocycles. The normalized spacial score (nSPS) is 14.6. The van der Waals surface area contributed by atoms with Crippen molar-refractivity contribution in [2.24, 2.45) is 0 Å². The third-order valence-electron chi connectivity index (χ3n) is 3.91. The second-order valence-electron chi connectivity index (χ2n) is 5.22. The monoisotopic (exact) mass is 289 g/mol. The van der Waals surface area contributed by atoms with Crippen LogP contribution in [0.2, 0.25) is 0 Å². The van der Waals surface area contributed by atoms with E-state index in [1.165, 1.54) is 17.7 Å². The number of benzene rings is 2. The molecule has 1 aliphatic rings. The second kappa shape index (κ2) is 5.82. The zero-order valence-electron chi connectivity index (χ0n) is 11.8.